The third-order valence-electron chi connectivity index (χ3n) is 2.35. The minimum Gasteiger partial charge on any atom is -0.507 e. The zero-order chi connectivity index (χ0) is 14.0. The Morgan fingerprint density at radius 1 is 1.05 bits per heavy atom. The Morgan fingerprint density at radius 3 is 2.37 bits per heavy atom. The molecule has 0 heterocycles. The molecular weight excluding hydrogens is 281 g/mol. The van der Waals surface area contributed by atoms with E-state index in [4.69, 9.17) is 11.6 Å². The van der Waals surface area contributed by atoms with Crippen molar-refractivity contribution in [3.8, 4) is 22.6 Å². The number of hydrogen-bond donors (Lipinski definition) is 1. The standard InChI is InChI=1S/C13H8ClF3O2/c14-10-5-2-6-11(18)12(10)8-3-1-4-9(7-8)19-13(15,16)17/h1-7,18H. The van der Waals surface area contributed by atoms with Crippen LogP contribution in [0.1, 0.15) is 0 Å². The molecule has 1 N–H and O–H groups in total. The van der Waals surface area contributed by atoms with Crippen LogP contribution >= 0.6 is 11.6 Å². The molecule has 100 valence electrons. The van der Waals surface area contributed by atoms with E-state index in [0.717, 1.165) is 6.07 Å². The summed E-state index contributed by atoms with van der Waals surface area (Å²) in [6, 6.07) is 9.73. The first kappa shape index (κ1) is 13.5. The second-order valence-corrected chi connectivity index (χ2v) is 4.12. The van der Waals surface area contributed by atoms with Gasteiger partial charge in [-0.05, 0) is 29.8 Å². The number of phenols is 1. The van der Waals surface area contributed by atoms with Gasteiger partial charge in [-0.3, -0.25) is 0 Å². The number of ether oxygens (including phenoxy) is 1. The number of halogens is 4. The van der Waals surface area contributed by atoms with Crippen molar-refractivity contribution >= 4 is 11.6 Å². The van der Waals surface area contributed by atoms with Crippen LogP contribution in [0, 0.1) is 0 Å². The van der Waals surface area contributed by atoms with Crippen LogP contribution < -0.4 is 4.74 Å². The normalized spacial score (nSPS) is 11.4. The fourth-order valence-electron chi connectivity index (χ4n) is 1.65. The average molecular weight is 289 g/mol. The van der Waals surface area contributed by atoms with E-state index in [1.807, 2.05) is 0 Å². The van der Waals surface area contributed by atoms with Crippen molar-refractivity contribution < 1.29 is 23.0 Å². The Labute approximate surface area is 112 Å². The van der Waals surface area contributed by atoms with Gasteiger partial charge in [-0.1, -0.05) is 29.8 Å². The Kier molecular flexibility index (Phi) is 3.57. The highest BCUT2D eigenvalue weighted by Crippen LogP contribution is 2.37. The number of hydrogen-bond acceptors (Lipinski definition) is 2. The van der Waals surface area contributed by atoms with Gasteiger partial charge >= 0.3 is 6.36 Å². The second-order valence-electron chi connectivity index (χ2n) is 3.71. The molecule has 0 aliphatic carbocycles. The van der Waals surface area contributed by atoms with E-state index >= 15 is 0 Å². The predicted octanol–water partition coefficient (Wildman–Crippen LogP) is 4.61. The summed E-state index contributed by atoms with van der Waals surface area (Å²) in [5.74, 6) is -0.485. The summed E-state index contributed by atoms with van der Waals surface area (Å²) >= 11 is 5.93. The zero-order valence-corrected chi connectivity index (χ0v) is 10.2. The Bertz CT molecular complexity index is 576. The molecular formula is C13H8ClF3O2. The monoisotopic (exact) mass is 288 g/mol. The second kappa shape index (κ2) is 5.01. The van der Waals surface area contributed by atoms with Crippen molar-refractivity contribution in [2.75, 3.05) is 0 Å². The van der Waals surface area contributed by atoms with Gasteiger partial charge in [0, 0.05) is 5.56 Å². The summed E-state index contributed by atoms with van der Waals surface area (Å²) in [6.07, 6.45) is -4.76. The van der Waals surface area contributed by atoms with Crippen LogP contribution in [0.15, 0.2) is 42.5 Å². The lowest BCUT2D eigenvalue weighted by molar-refractivity contribution is -0.274. The number of rotatable bonds is 2. The summed E-state index contributed by atoms with van der Waals surface area (Å²) in [7, 11) is 0. The van der Waals surface area contributed by atoms with Gasteiger partial charge in [0.2, 0.25) is 0 Å². The van der Waals surface area contributed by atoms with Gasteiger partial charge in [0.15, 0.2) is 0 Å². The first-order chi connectivity index (χ1) is 8.87. The molecule has 2 aromatic carbocycles. The molecule has 0 fully saturated rings. The molecule has 0 amide bonds. The van der Waals surface area contributed by atoms with E-state index in [-0.39, 0.29) is 22.1 Å². The van der Waals surface area contributed by atoms with Gasteiger partial charge in [-0.2, -0.15) is 0 Å². The van der Waals surface area contributed by atoms with Crippen molar-refractivity contribution in [3.63, 3.8) is 0 Å². The van der Waals surface area contributed by atoms with Crippen LogP contribution in [0.25, 0.3) is 11.1 Å². The summed E-state index contributed by atoms with van der Waals surface area (Å²) in [5.41, 5.74) is 0.599. The van der Waals surface area contributed by atoms with Crippen LogP contribution in [-0.2, 0) is 0 Å². The molecule has 0 saturated carbocycles. The minimum absolute atomic E-state index is 0.114. The molecule has 2 nitrogen and oxygen atoms in total. The maximum atomic E-state index is 12.1. The van der Waals surface area contributed by atoms with E-state index in [1.165, 1.54) is 36.4 Å². The minimum atomic E-state index is -4.76. The fourth-order valence-corrected chi connectivity index (χ4v) is 1.93. The van der Waals surface area contributed by atoms with Gasteiger partial charge in [-0.15, -0.1) is 13.2 Å². The molecule has 0 radical (unpaired) electrons. The summed E-state index contributed by atoms with van der Waals surface area (Å²) in [4.78, 5) is 0. The SMILES string of the molecule is Oc1cccc(Cl)c1-c1cccc(OC(F)(F)F)c1. The summed E-state index contributed by atoms with van der Waals surface area (Å²) in [5, 5.41) is 9.96. The van der Waals surface area contributed by atoms with Gasteiger partial charge in [-0.25, -0.2) is 0 Å². The smallest absolute Gasteiger partial charge is 0.507 e. The lowest BCUT2D eigenvalue weighted by Gasteiger charge is -2.11. The third kappa shape index (κ3) is 3.32. The molecule has 0 spiro atoms. The summed E-state index contributed by atoms with van der Waals surface area (Å²) < 4.78 is 40.2. The molecule has 0 atom stereocenters. The highest BCUT2D eigenvalue weighted by molar-refractivity contribution is 6.33. The van der Waals surface area contributed by atoms with Crippen LogP contribution in [0.3, 0.4) is 0 Å². The molecule has 0 saturated heterocycles. The van der Waals surface area contributed by atoms with E-state index in [9.17, 15) is 18.3 Å². The van der Waals surface area contributed by atoms with Crippen LogP contribution in [0.2, 0.25) is 5.02 Å². The Balaban J connectivity index is 2.44. The highest BCUT2D eigenvalue weighted by Gasteiger charge is 2.31. The average Bonchev–Trinajstić information content (AvgIpc) is 2.26. The number of phenolic OH excluding ortho intramolecular Hbond substituents is 1. The molecule has 0 bridgehead atoms. The first-order valence-electron chi connectivity index (χ1n) is 5.20. The van der Waals surface area contributed by atoms with E-state index < -0.39 is 6.36 Å². The Hall–Kier alpha value is -1.88. The molecule has 0 aliphatic rings. The molecule has 2 aromatic rings. The van der Waals surface area contributed by atoms with Gasteiger partial charge < -0.3 is 9.84 Å². The van der Waals surface area contributed by atoms with Gasteiger partial charge in [0.25, 0.3) is 0 Å². The quantitative estimate of drug-likeness (QED) is 0.874. The molecule has 2 rings (SSSR count). The van der Waals surface area contributed by atoms with E-state index in [2.05, 4.69) is 4.74 Å². The fraction of sp³-hybridized carbons (Fsp3) is 0.0769. The molecule has 0 unspecified atom stereocenters. The predicted molar refractivity (Wildman–Crippen MR) is 65.2 cm³/mol. The van der Waals surface area contributed by atoms with Gasteiger partial charge in [0.1, 0.15) is 11.5 Å². The Morgan fingerprint density at radius 2 is 1.74 bits per heavy atom. The topological polar surface area (TPSA) is 29.5 Å². The lowest BCUT2D eigenvalue weighted by atomic mass is 10.0. The molecule has 6 heteroatoms. The van der Waals surface area contributed by atoms with E-state index in [0.29, 0.717) is 5.56 Å². The number of alkyl halides is 3. The first-order valence-corrected chi connectivity index (χ1v) is 5.58. The molecule has 0 aliphatic heterocycles. The van der Waals surface area contributed by atoms with Gasteiger partial charge in [0.05, 0.1) is 5.02 Å². The van der Waals surface area contributed by atoms with Crippen LogP contribution in [0.5, 0.6) is 11.5 Å². The maximum absolute atomic E-state index is 12.1. The van der Waals surface area contributed by atoms with Crippen molar-refractivity contribution in [1.82, 2.24) is 0 Å². The van der Waals surface area contributed by atoms with Crippen molar-refractivity contribution in [3.05, 3.63) is 47.5 Å². The van der Waals surface area contributed by atoms with Crippen LogP contribution in [-0.4, -0.2) is 11.5 Å². The van der Waals surface area contributed by atoms with Crippen molar-refractivity contribution in [1.29, 1.82) is 0 Å². The third-order valence-corrected chi connectivity index (χ3v) is 2.66. The largest absolute Gasteiger partial charge is 0.573 e. The lowest BCUT2D eigenvalue weighted by Crippen LogP contribution is -2.17. The highest BCUT2D eigenvalue weighted by atomic mass is 35.5. The van der Waals surface area contributed by atoms with Crippen molar-refractivity contribution in [2.24, 2.45) is 0 Å². The maximum Gasteiger partial charge on any atom is 0.573 e. The van der Waals surface area contributed by atoms with Crippen LogP contribution in [0.4, 0.5) is 13.2 Å². The number of aromatic hydroxyl groups is 1. The molecule has 0 aromatic heterocycles. The molecule has 19 heavy (non-hydrogen) atoms. The number of benzene rings is 2. The zero-order valence-electron chi connectivity index (χ0n) is 9.41. The van der Waals surface area contributed by atoms with Crippen molar-refractivity contribution in [2.45, 2.75) is 6.36 Å². The van der Waals surface area contributed by atoms with E-state index in [1.54, 1.807) is 0 Å². The summed E-state index contributed by atoms with van der Waals surface area (Å²) in [6.45, 7) is 0.